The van der Waals surface area contributed by atoms with Gasteiger partial charge in [0, 0.05) is 57.4 Å². The Labute approximate surface area is 159 Å². The molecule has 3 aliphatic heterocycles. The van der Waals surface area contributed by atoms with Crippen LogP contribution in [0.15, 0.2) is 24.3 Å². The lowest BCUT2D eigenvalue weighted by molar-refractivity contribution is -0.135. The Bertz CT molecular complexity index is 648. The van der Waals surface area contributed by atoms with Gasteiger partial charge in [0.15, 0.2) is 0 Å². The number of nitrogens with two attached hydrogens (primary N) is 1. The quantitative estimate of drug-likeness (QED) is 0.694. The smallest absolute Gasteiger partial charge is 0.241 e. The molecule has 3 unspecified atom stereocenters. The molecule has 0 bridgehead atoms. The van der Waals surface area contributed by atoms with E-state index in [-0.39, 0.29) is 23.9 Å². The highest BCUT2D eigenvalue weighted by molar-refractivity contribution is 5.82. The molecule has 1 amide bonds. The maximum atomic E-state index is 13.1. The van der Waals surface area contributed by atoms with Crippen molar-refractivity contribution in [2.24, 2.45) is 5.73 Å². The van der Waals surface area contributed by atoms with E-state index in [9.17, 15) is 9.18 Å². The summed E-state index contributed by atoms with van der Waals surface area (Å²) in [6, 6.07) is 6.93. The number of anilines is 1. The minimum atomic E-state index is -0.214. The van der Waals surface area contributed by atoms with Gasteiger partial charge in [0.1, 0.15) is 11.9 Å². The maximum absolute atomic E-state index is 13.1. The third kappa shape index (κ3) is 4.24. The number of hydrogen-bond acceptors (Lipinski definition) is 6. The minimum Gasteiger partial charge on any atom is -0.369 e. The zero-order chi connectivity index (χ0) is 18.8. The highest BCUT2D eigenvalue weighted by Crippen LogP contribution is 2.22. The number of benzene rings is 1. The van der Waals surface area contributed by atoms with Gasteiger partial charge in [0.2, 0.25) is 5.91 Å². The lowest BCUT2D eigenvalue weighted by Gasteiger charge is -2.44. The van der Waals surface area contributed by atoms with E-state index in [0.717, 1.165) is 57.8 Å². The first-order valence-corrected chi connectivity index (χ1v) is 9.90. The molecule has 27 heavy (non-hydrogen) atoms. The third-order valence-electron chi connectivity index (χ3n) is 5.96. The van der Waals surface area contributed by atoms with E-state index >= 15 is 0 Å². The fourth-order valence-corrected chi connectivity index (χ4v) is 4.41. The van der Waals surface area contributed by atoms with Gasteiger partial charge in [-0.05, 0) is 37.1 Å². The molecule has 3 aliphatic rings. The molecule has 3 atom stereocenters. The van der Waals surface area contributed by atoms with E-state index in [1.807, 2.05) is 17.0 Å². The number of halogens is 1. The van der Waals surface area contributed by atoms with Crippen molar-refractivity contribution in [3.63, 3.8) is 0 Å². The number of piperazine rings is 1. The molecule has 7 nitrogen and oxygen atoms in total. The van der Waals surface area contributed by atoms with Crippen LogP contribution in [0.4, 0.5) is 10.1 Å². The fourth-order valence-electron chi connectivity index (χ4n) is 4.41. The van der Waals surface area contributed by atoms with Crippen molar-refractivity contribution < 1.29 is 9.18 Å². The normalized spacial score (nSPS) is 29.9. The monoisotopic (exact) mass is 376 g/mol. The summed E-state index contributed by atoms with van der Waals surface area (Å²) in [4.78, 5) is 19.6. The Hall–Kier alpha value is -1.74. The van der Waals surface area contributed by atoms with Gasteiger partial charge in [-0.2, -0.15) is 0 Å². The van der Waals surface area contributed by atoms with Gasteiger partial charge in [-0.1, -0.05) is 0 Å². The molecule has 1 aromatic rings. The Morgan fingerprint density at radius 2 is 1.81 bits per heavy atom. The fraction of sp³-hybridized carbons (Fsp3) is 0.632. The number of piperidine rings is 1. The molecule has 148 valence electrons. The molecule has 0 saturated carbocycles. The van der Waals surface area contributed by atoms with Crippen LogP contribution in [0.3, 0.4) is 0 Å². The molecule has 3 saturated heterocycles. The highest BCUT2D eigenvalue weighted by Gasteiger charge is 2.35. The SMILES string of the molecule is NC1CC(C(=O)N2CCCC(N3CCN(c4ccc(F)cc4)CC3)C2)NN1. The summed E-state index contributed by atoms with van der Waals surface area (Å²) >= 11 is 0. The van der Waals surface area contributed by atoms with Crippen LogP contribution in [0.25, 0.3) is 0 Å². The Kier molecular flexibility index (Phi) is 5.58. The van der Waals surface area contributed by atoms with Crippen molar-refractivity contribution in [2.75, 3.05) is 44.2 Å². The van der Waals surface area contributed by atoms with E-state index in [0.29, 0.717) is 12.5 Å². The molecule has 0 spiro atoms. The highest BCUT2D eigenvalue weighted by atomic mass is 19.1. The van der Waals surface area contributed by atoms with Gasteiger partial charge in [-0.15, -0.1) is 0 Å². The molecule has 4 rings (SSSR count). The van der Waals surface area contributed by atoms with Crippen molar-refractivity contribution in [1.29, 1.82) is 0 Å². The van der Waals surface area contributed by atoms with Crippen LogP contribution in [0.5, 0.6) is 0 Å². The van der Waals surface area contributed by atoms with Gasteiger partial charge in [-0.25, -0.2) is 15.2 Å². The number of carbonyl (C=O) groups excluding carboxylic acids is 1. The number of carbonyl (C=O) groups is 1. The first kappa shape index (κ1) is 18.6. The standard InChI is InChI=1S/C19H29FN6O/c20-14-3-5-15(6-4-14)24-8-10-25(11-9-24)16-2-1-7-26(13-16)19(27)17-12-18(21)23-22-17/h3-6,16-18,22-23H,1-2,7-13,21H2. The van der Waals surface area contributed by atoms with E-state index in [1.54, 1.807) is 0 Å². The summed E-state index contributed by atoms with van der Waals surface area (Å²) < 4.78 is 13.1. The van der Waals surface area contributed by atoms with Gasteiger partial charge >= 0.3 is 0 Å². The van der Waals surface area contributed by atoms with Crippen molar-refractivity contribution in [1.82, 2.24) is 20.7 Å². The first-order chi connectivity index (χ1) is 13.1. The largest absolute Gasteiger partial charge is 0.369 e. The lowest BCUT2D eigenvalue weighted by atomic mass is 10.0. The Morgan fingerprint density at radius 1 is 1.07 bits per heavy atom. The lowest BCUT2D eigenvalue weighted by Crippen LogP contribution is -2.57. The number of likely N-dealkylation sites (tertiary alicyclic amines) is 1. The van der Waals surface area contributed by atoms with E-state index in [2.05, 4.69) is 20.7 Å². The average Bonchev–Trinajstić information content (AvgIpc) is 3.14. The number of hydrazine groups is 1. The van der Waals surface area contributed by atoms with Crippen LogP contribution >= 0.6 is 0 Å². The van der Waals surface area contributed by atoms with Gasteiger partial charge in [-0.3, -0.25) is 9.69 Å². The summed E-state index contributed by atoms with van der Waals surface area (Å²) in [5, 5.41) is 0. The van der Waals surface area contributed by atoms with Crippen molar-refractivity contribution >= 4 is 11.6 Å². The molecule has 0 radical (unpaired) electrons. The van der Waals surface area contributed by atoms with Crippen LogP contribution in [-0.2, 0) is 4.79 Å². The van der Waals surface area contributed by atoms with Gasteiger partial charge in [0.25, 0.3) is 0 Å². The molecule has 3 heterocycles. The van der Waals surface area contributed by atoms with Crippen LogP contribution in [0.2, 0.25) is 0 Å². The van der Waals surface area contributed by atoms with Crippen LogP contribution in [0.1, 0.15) is 19.3 Å². The summed E-state index contributed by atoms with van der Waals surface area (Å²) in [7, 11) is 0. The number of rotatable bonds is 3. The minimum absolute atomic E-state index is 0.154. The molecule has 4 N–H and O–H groups in total. The van der Waals surface area contributed by atoms with Crippen LogP contribution in [0, 0.1) is 5.82 Å². The Morgan fingerprint density at radius 3 is 2.48 bits per heavy atom. The Balaban J connectivity index is 1.30. The number of hydrogen-bond donors (Lipinski definition) is 3. The third-order valence-corrected chi connectivity index (χ3v) is 5.96. The van der Waals surface area contributed by atoms with Crippen LogP contribution in [-0.4, -0.2) is 73.2 Å². The summed E-state index contributed by atoms with van der Waals surface area (Å²) in [5.74, 6) is -0.0395. The number of amides is 1. The van der Waals surface area contributed by atoms with E-state index in [1.165, 1.54) is 12.1 Å². The zero-order valence-corrected chi connectivity index (χ0v) is 15.6. The van der Waals surface area contributed by atoms with E-state index < -0.39 is 0 Å². The molecular weight excluding hydrogens is 347 g/mol. The topological polar surface area (TPSA) is 76.9 Å². The summed E-state index contributed by atoms with van der Waals surface area (Å²) in [6.45, 7) is 5.43. The predicted octanol–water partition coefficient (Wildman–Crippen LogP) is 0.0900. The summed E-state index contributed by atoms with van der Waals surface area (Å²) in [5.41, 5.74) is 12.8. The molecule has 8 heteroatoms. The number of nitrogens with one attached hydrogen (secondary N) is 2. The van der Waals surface area contributed by atoms with Gasteiger partial charge in [0.05, 0.1) is 6.17 Å². The maximum Gasteiger partial charge on any atom is 0.241 e. The second-order valence-electron chi connectivity index (χ2n) is 7.76. The summed E-state index contributed by atoms with van der Waals surface area (Å²) in [6.07, 6.45) is 2.66. The second kappa shape index (κ2) is 8.10. The van der Waals surface area contributed by atoms with E-state index in [4.69, 9.17) is 5.73 Å². The average molecular weight is 376 g/mol. The zero-order valence-electron chi connectivity index (χ0n) is 15.6. The molecule has 0 aliphatic carbocycles. The molecular formula is C19H29FN6O. The number of nitrogens with zero attached hydrogens (tertiary/aromatic N) is 3. The molecule has 0 aromatic heterocycles. The molecule has 3 fully saturated rings. The van der Waals surface area contributed by atoms with Crippen molar-refractivity contribution in [3.8, 4) is 0 Å². The second-order valence-corrected chi connectivity index (χ2v) is 7.76. The molecule has 1 aromatic carbocycles. The van der Waals surface area contributed by atoms with Crippen molar-refractivity contribution in [3.05, 3.63) is 30.1 Å². The van der Waals surface area contributed by atoms with Crippen molar-refractivity contribution in [2.45, 2.75) is 37.5 Å². The predicted molar refractivity (Wildman–Crippen MR) is 102 cm³/mol. The van der Waals surface area contributed by atoms with Gasteiger partial charge < -0.3 is 15.5 Å². The van der Waals surface area contributed by atoms with Crippen LogP contribution < -0.4 is 21.5 Å². The first-order valence-electron chi connectivity index (χ1n) is 9.90.